The Bertz CT molecular complexity index is 1480. The van der Waals surface area contributed by atoms with Crippen LogP contribution in [0.15, 0.2) is 84.9 Å². The summed E-state index contributed by atoms with van der Waals surface area (Å²) in [6.45, 7) is 1.94. The fourth-order valence-electron chi connectivity index (χ4n) is 4.81. The number of phenols is 1. The van der Waals surface area contributed by atoms with Crippen molar-refractivity contribution in [2.45, 2.75) is 19.8 Å². The summed E-state index contributed by atoms with van der Waals surface area (Å²) in [7, 11) is 0. The van der Waals surface area contributed by atoms with Gasteiger partial charge in [-0.15, -0.1) is 0 Å². The summed E-state index contributed by atoms with van der Waals surface area (Å²) in [5, 5.41) is 15.2. The number of benzene rings is 5. The fourth-order valence-corrected chi connectivity index (χ4v) is 4.81. The predicted molar refractivity (Wildman–Crippen MR) is 126 cm³/mol. The number of aryl methyl sites for hydroxylation is 1. The molecule has 5 aromatic rings. The molecule has 6 rings (SSSR count). The van der Waals surface area contributed by atoms with Gasteiger partial charge in [0.25, 0.3) is 0 Å². The Morgan fingerprint density at radius 2 is 1.45 bits per heavy atom. The van der Waals surface area contributed by atoms with Crippen LogP contribution in [0, 0.1) is 6.92 Å². The SMILES string of the molecule is Cc1cccc(Cc2cc3c(c4ccccc24)Oc2c(ccc4ccccc24)C3)c1O. The maximum Gasteiger partial charge on any atom is 0.138 e. The molecule has 0 radical (unpaired) electrons. The first-order valence-corrected chi connectivity index (χ1v) is 10.7. The lowest BCUT2D eigenvalue weighted by atomic mass is 9.90. The molecular formula is C29H22O2. The third kappa shape index (κ3) is 2.87. The van der Waals surface area contributed by atoms with Crippen molar-refractivity contribution in [3.05, 3.63) is 113 Å². The van der Waals surface area contributed by atoms with Crippen molar-refractivity contribution in [1.82, 2.24) is 0 Å². The summed E-state index contributed by atoms with van der Waals surface area (Å²) < 4.78 is 6.60. The van der Waals surface area contributed by atoms with Crippen LogP contribution >= 0.6 is 0 Å². The van der Waals surface area contributed by atoms with E-state index in [-0.39, 0.29) is 0 Å². The van der Waals surface area contributed by atoms with Crippen molar-refractivity contribution < 1.29 is 9.84 Å². The molecule has 5 aromatic carbocycles. The molecule has 0 amide bonds. The first-order valence-electron chi connectivity index (χ1n) is 10.7. The van der Waals surface area contributed by atoms with Gasteiger partial charge in [0.05, 0.1) is 0 Å². The lowest BCUT2D eigenvalue weighted by Crippen LogP contribution is -2.06. The van der Waals surface area contributed by atoms with Crippen LogP contribution < -0.4 is 4.74 Å². The van der Waals surface area contributed by atoms with E-state index in [1.807, 2.05) is 25.1 Å². The Morgan fingerprint density at radius 1 is 0.710 bits per heavy atom. The molecule has 0 bridgehead atoms. The molecule has 0 spiro atoms. The monoisotopic (exact) mass is 402 g/mol. The summed E-state index contributed by atoms with van der Waals surface area (Å²) in [5.74, 6) is 2.31. The van der Waals surface area contributed by atoms with Crippen molar-refractivity contribution in [2.75, 3.05) is 0 Å². The smallest absolute Gasteiger partial charge is 0.138 e. The number of para-hydroxylation sites is 1. The summed E-state index contributed by atoms with van der Waals surface area (Å²) in [5.41, 5.74) is 5.48. The van der Waals surface area contributed by atoms with Crippen molar-refractivity contribution in [3.63, 3.8) is 0 Å². The highest BCUT2D eigenvalue weighted by atomic mass is 16.5. The van der Waals surface area contributed by atoms with Crippen LogP contribution in [-0.2, 0) is 12.8 Å². The van der Waals surface area contributed by atoms with Gasteiger partial charge in [-0.25, -0.2) is 0 Å². The molecule has 2 nitrogen and oxygen atoms in total. The standard InChI is InChI=1S/C29H22O2/c1-18-7-6-9-20(27(18)30)15-22-17-23-16-21-14-13-19-8-2-3-11-25(19)28(21)31-29(23)26-12-5-4-10-24(22)26/h2-14,17,30H,15-16H2,1H3. The Balaban J connectivity index is 1.53. The lowest BCUT2D eigenvalue weighted by Gasteiger charge is -2.25. The van der Waals surface area contributed by atoms with Crippen molar-refractivity contribution in [1.29, 1.82) is 0 Å². The van der Waals surface area contributed by atoms with E-state index >= 15 is 0 Å². The number of hydrogen-bond donors (Lipinski definition) is 1. The molecule has 0 saturated carbocycles. The second-order valence-electron chi connectivity index (χ2n) is 8.38. The first-order chi connectivity index (χ1) is 15.2. The summed E-state index contributed by atoms with van der Waals surface area (Å²) in [4.78, 5) is 0. The third-order valence-corrected chi connectivity index (χ3v) is 6.41. The van der Waals surface area contributed by atoms with Crippen molar-refractivity contribution in [3.8, 4) is 17.2 Å². The maximum atomic E-state index is 10.6. The summed E-state index contributed by atoms with van der Waals surface area (Å²) in [6.07, 6.45) is 1.53. The van der Waals surface area contributed by atoms with Gasteiger partial charge in [-0.1, -0.05) is 84.9 Å². The second kappa shape index (κ2) is 6.88. The number of hydrogen-bond acceptors (Lipinski definition) is 2. The van der Waals surface area contributed by atoms with Crippen LogP contribution in [0.3, 0.4) is 0 Å². The maximum absolute atomic E-state index is 10.6. The van der Waals surface area contributed by atoms with Crippen LogP contribution in [0.4, 0.5) is 0 Å². The van der Waals surface area contributed by atoms with E-state index in [2.05, 4.69) is 66.7 Å². The minimum absolute atomic E-state index is 0.386. The molecule has 0 aromatic heterocycles. The van der Waals surface area contributed by atoms with Crippen LogP contribution in [0.2, 0.25) is 0 Å². The van der Waals surface area contributed by atoms with Gasteiger partial charge in [0.2, 0.25) is 0 Å². The Labute approximate surface area is 181 Å². The molecule has 0 unspecified atom stereocenters. The first kappa shape index (κ1) is 18.0. The molecule has 150 valence electrons. The number of fused-ring (bicyclic) bond motifs is 6. The van der Waals surface area contributed by atoms with Crippen LogP contribution in [0.1, 0.15) is 27.8 Å². The van der Waals surface area contributed by atoms with E-state index in [0.29, 0.717) is 12.2 Å². The zero-order chi connectivity index (χ0) is 20.9. The van der Waals surface area contributed by atoms with Crippen LogP contribution in [0.5, 0.6) is 17.2 Å². The molecule has 1 N–H and O–H groups in total. The van der Waals surface area contributed by atoms with Crippen LogP contribution in [-0.4, -0.2) is 5.11 Å². The number of ether oxygens (including phenoxy) is 1. The van der Waals surface area contributed by atoms with Gasteiger partial charge in [-0.05, 0) is 39.9 Å². The normalized spacial score (nSPS) is 12.4. The average molecular weight is 402 g/mol. The molecular weight excluding hydrogens is 380 g/mol. The van der Waals surface area contributed by atoms with Crippen molar-refractivity contribution >= 4 is 21.5 Å². The van der Waals surface area contributed by atoms with Gasteiger partial charge in [0.15, 0.2) is 0 Å². The molecule has 0 fully saturated rings. The van der Waals surface area contributed by atoms with E-state index in [0.717, 1.165) is 39.8 Å². The number of aromatic hydroxyl groups is 1. The van der Waals surface area contributed by atoms with Crippen LogP contribution in [0.25, 0.3) is 21.5 Å². The molecule has 1 heterocycles. The number of rotatable bonds is 2. The largest absolute Gasteiger partial charge is 0.507 e. The molecule has 0 atom stereocenters. The van der Waals surface area contributed by atoms with Gasteiger partial charge < -0.3 is 9.84 Å². The van der Waals surface area contributed by atoms with Gasteiger partial charge in [0.1, 0.15) is 17.2 Å². The molecule has 0 saturated heterocycles. The Kier molecular flexibility index (Phi) is 4.00. The topological polar surface area (TPSA) is 29.5 Å². The zero-order valence-corrected chi connectivity index (χ0v) is 17.4. The second-order valence-corrected chi connectivity index (χ2v) is 8.38. The molecule has 31 heavy (non-hydrogen) atoms. The molecule has 2 heteroatoms. The van der Waals surface area contributed by atoms with Crippen molar-refractivity contribution in [2.24, 2.45) is 0 Å². The minimum atomic E-state index is 0.386. The molecule has 1 aliphatic heterocycles. The van der Waals surface area contributed by atoms with Gasteiger partial charge >= 0.3 is 0 Å². The van der Waals surface area contributed by atoms with E-state index < -0.39 is 0 Å². The van der Waals surface area contributed by atoms with Gasteiger partial charge in [0, 0.05) is 29.2 Å². The summed E-state index contributed by atoms with van der Waals surface area (Å²) >= 11 is 0. The highest BCUT2D eigenvalue weighted by molar-refractivity contribution is 5.96. The Morgan fingerprint density at radius 3 is 2.32 bits per heavy atom. The fraction of sp³-hybridized carbons (Fsp3) is 0.103. The predicted octanol–water partition coefficient (Wildman–Crippen LogP) is 7.29. The molecule has 1 aliphatic rings. The van der Waals surface area contributed by atoms with E-state index in [4.69, 9.17) is 4.74 Å². The van der Waals surface area contributed by atoms with E-state index in [1.54, 1.807) is 0 Å². The Hall–Kier alpha value is -3.78. The van der Waals surface area contributed by atoms with Gasteiger partial charge in [-0.3, -0.25) is 0 Å². The van der Waals surface area contributed by atoms with Gasteiger partial charge in [-0.2, -0.15) is 0 Å². The van der Waals surface area contributed by atoms with E-state index in [1.165, 1.54) is 27.5 Å². The third-order valence-electron chi connectivity index (χ3n) is 6.41. The minimum Gasteiger partial charge on any atom is -0.507 e. The quantitative estimate of drug-likeness (QED) is 0.329. The zero-order valence-electron chi connectivity index (χ0n) is 17.4. The average Bonchev–Trinajstić information content (AvgIpc) is 2.81. The van der Waals surface area contributed by atoms with E-state index in [9.17, 15) is 5.11 Å². The molecule has 0 aliphatic carbocycles. The number of phenolic OH excluding ortho intramolecular Hbond substituents is 1. The highest BCUT2D eigenvalue weighted by Gasteiger charge is 2.23. The highest BCUT2D eigenvalue weighted by Crippen LogP contribution is 2.45. The summed E-state index contributed by atoms with van der Waals surface area (Å²) in [6, 6.07) is 29.4. The lowest BCUT2D eigenvalue weighted by molar-refractivity contribution is 0.465.